The zero-order chi connectivity index (χ0) is 46.3. The van der Waals surface area contributed by atoms with E-state index in [1.165, 1.54) is 0 Å². The van der Waals surface area contributed by atoms with Crippen LogP contribution in [0.5, 0.6) is 0 Å². The number of esters is 2. The molecule has 60 heavy (non-hydrogen) atoms. The van der Waals surface area contributed by atoms with E-state index in [-0.39, 0.29) is 54.4 Å². The second kappa shape index (κ2) is 24.7. The van der Waals surface area contributed by atoms with Crippen molar-refractivity contribution in [1.29, 1.82) is 0 Å². The number of carbonyl (C=O) groups excluding carboxylic acids is 2. The fourth-order valence-corrected chi connectivity index (χ4v) is 5.51. The van der Waals surface area contributed by atoms with Gasteiger partial charge in [0.05, 0.1) is 42.0 Å². The van der Waals surface area contributed by atoms with Gasteiger partial charge in [0, 0.05) is 27.7 Å². The number of carboxylic acid groups (broad SMARTS) is 1. The highest BCUT2D eigenvalue weighted by Crippen LogP contribution is 2.52. The summed E-state index contributed by atoms with van der Waals surface area (Å²) in [6.45, 7) is 15.8. The molecule has 3 fully saturated rings. The molecule has 0 amide bonds. The average molecular weight is 1010 g/mol. The van der Waals surface area contributed by atoms with Gasteiger partial charge in [0.1, 0.15) is 22.6 Å². The summed E-state index contributed by atoms with van der Waals surface area (Å²) in [6, 6.07) is 0. The van der Waals surface area contributed by atoms with Crippen LogP contribution < -0.4 is 5.73 Å². The van der Waals surface area contributed by atoms with E-state index in [0.717, 1.165) is 25.7 Å². The third kappa shape index (κ3) is 20.8. The van der Waals surface area contributed by atoms with Gasteiger partial charge in [0.15, 0.2) is 11.6 Å². The predicted octanol–water partition coefficient (Wildman–Crippen LogP) is 5.38. The Labute approximate surface area is 378 Å². The monoisotopic (exact) mass is 1010 g/mol. The van der Waals surface area contributed by atoms with E-state index < -0.39 is 46.9 Å². The smallest absolute Gasteiger partial charge is 0.310 e. The van der Waals surface area contributed by atoms with Crippen LogP contribution in [0, 0.1) is 5.41 Å². The molecule has 3 saturated carbocycles. The number of amidine groups is 1. The number of aromatic nitrogens is 4. The number of carboxylic acids is 1. The lowest BCUT2D eigenvalue weighted by Gasteiger charge is -2.20. The van der Waals surface area contributed by atoms with Crippen molar-refractivity contribution in [2.24, 2.45) is 16.3 Å². The molecule has 0 bridgehead atoms. The van der Waals surface area contributed by atoms with Crippen molar-refractivity contribution in [2.45, 2.75) is 173 Å². The minimum atomic E-state index is -0.886. The zero-order valence-corrected chi connectivity index (χ0v) is 40.0. The van der Waals surface area contributed by atoms with Crippen LogP contribution in [0.1, 0.15) is 145 Å². The molecule has 22 heteroatoms. The Morgan fingerprint density at radius 1 is 0.867 bits per heavy atom. The molecule has 0 aromatic carbocycles. The molecule has 346 valence electrons. The fourth-order valence-electron chi connectivity index (χ4n) is 5.26. The van der Waals surface area contributed by atoms with Crippen molar-refractivity contribution in [1.82, 2.24) is 24.7 Å². The van der Waals surface area contributed by atoms with Gasteiger partial charge in [0.2, 0.25) is 11.8 Å². The quantitative estimate of drug-likeness (QED) is 0.0202. The average Bonchev–Trinajstić information content (AvgIpc) is 4.05. The van der Waals surface area contributed by atoms with Gasteiger partial charge in [-0.05, 0) is 118 Å². The van der Waals surface area contributed by atoms with Crippen molar-refractivity contribution in [3.63, 3.8) is 0 Å². The Kier molecular flexibility index (Phi) is 22.7. The van der Waals surface area contributed by atoms with E-state index in [1.807, 2.05) is 43.4 Å². The Balaban J connectivity index is 0.000000795. The number of hydrogen-bond donors (Lipinski definition) is 6. The summed E-state index contributed by atoms with van der Waals surface area (Å²) >= 11 is 7.89. The first-order valence-corrected chi connectivity index (χ1v) is 21.0. The summed E-state index contributed by atoms with van der Waals surface area (Å²) in [6.07, 6.45) is 4.47. The first-order valence-electron chi connectivity index (χ1n) is 19.9. The molecule has 2 aromatic rings. The fraction of sp³-hybridized carbons (Fsp3) is 0.789. The lowest BCUT2D eigenvalue weighted by Crippen LogP contribution is -2.27. The van der Waals surface area contributed by atoms with Gasteiger partial charge in [-0.3, -0.25) is 14.4 Å². The number of nitrogens with two attached hydrogens (primary N) is 1. The second-order valence-electron chi connectivity index (χ2n) is 17.2. The van der Waals surface area contributed by atoms with Gasteiger partial charge in [-0.25, -0.2) is 4.42 Å². The summed E-state index contributed by atoms with van der Waals surface area (Å²) in [7, 11) is 1.78. The molecule has 7 N–H and O–H groups in total. The van der Waals surface area contributed by atoms with Crippen LogP contribution in [0.15, 0.2) is 14.2 Å². The van der Waals surface area contributed by atoms with Crippen molar-refractivity contribution < 1.29 is 59.9 Å². The van der Waals surface area contributed by atoms with Crippen molar-refractivity contribution >= 4 is 70.5 Å². The minimum Gasteiger partial charge on any atom is -0.481 e. The molecule has 0 aliphatic heterocycles. The van der Waals surface area contributed by atoms with E-state index in [0.29, 0.717) is 54.0 Å². The standard InChI is InChI=1S/C14H22N2O4.C10H16O4.C9H14ClN3O2.C4H10N2O2.CH3I.ClH/c1-9(17)7-10-15-12(20-16-10)14(5-6-14)8-11(18)19-13(2,3)4;1-9(2,3)14-7(11)6-10(4-5-10)8(12)13;1-6(14)5-7-11-8(15-12-7)9(3-4-9)13(2)10;1-3(7)2-4(5)6-8;1-2;/h9,17H,5-8H2,1-4H3;4-6H2,1-3H3,(H,12,13);6,14H,3-5H2,1-2H3;3,7-8H,2H2,1H3,(H2,5,6);1H3;1H/i;;;;1D;. The van der Waals surface area contributed by atoms with E-state index in [1.54, 1.807) is 53.0 Å². The molecule has 2 heterocycles. The first-order chi connectivity index (χ1) is 27.6. The lowest BCUT2D eigenvalue weighted by atomic mass is 10.0. The predicted molar refractivity (Wildman–Crippen MR) is 232 cm³/mol. The van der Waals surface area contributed by atoms with Gasteiger partial charge in [-0.15, -0.1) is 12.4 Å². The van der Waals surface area contributed by atoms with Crippen LogP contribution in [0.3, 0.4) is 0 Å². The maximum atomic E-state index is 11.9. The van der Waals surface area contributed by atoms with E-state index in [9.17, 15) is 24.6 Å². The van der Waals surface area contributed by atoms with E-state index >= 15 is 0 Å². The number of oxime groups is 1. The number of carbonyl (C=O) groups is 3. The van der Waals surface area contributed by atoms with Crippen LogP contribution in [-0.4, -0.2) is 116 Å². The first kappa shape index (κ1) is 55.1. The summed E-state index contributed by atoms with van der Waals surface area (Å²) in [5, 5.41) is 54.2. The molecular formula is C38H66Cl2IN7O12. The molecular weight excluding hydrogens is 944 g/mol. The topological polar surface area (TPSA) is 290 Å². The number of nitrogens with zero attached hydrogens (tertiary/aromatic N) is 6. The third-order valence-corrected chi connectivity index (χ3v) is 8.98. The Bertz CT molecular complexity index is 1670. The van der Waals surface area contributed by atoms with E-state index in [4.69, 9.17) is 52.8 Å². The molecule has 3 aliphatic carbocycles. The summed E-state index contributed by atoms with van der Waals surface area (Å²) in [5.74, 6) is 0.552. The van der Waals surface area contributed by atoms with Gasteiger partial charge in [0.25, 0.3) is 0 Å². The number of rotatable bonds is 14. The Morgan fingerprint density at radius 2 is 1.28 bits per heavy atom. The van der Waals surface area contributed by atoms with Gasteiger partial charge >= 0.3 is 17.9 Å². The zero-order valence-electron chi connectivity index (χ0n) is 37.2. The molecule has 3 aliphatic rings. The normalized spacial score (nSPS) is 18.2. The summed E-state index contributed by atoms with van der Waals surface area (Å²) in [4.78, 5) is 43.0. The van der Waals surface area contributed by atoms with Crippen LogP contribution in [0.25, 0.3) is 0 Å². The highest BCUT2D eigenvalue weighted by Gasteiger charge is 2.54. The molecule has 0 radical (unpaired) electrons. The molecule has 0 spiro atoms. The Morgan fingerprint density at radius 3 is 1.58 bits per heavy atom. The van der Waals surface area contributed by atoms with Gasteiger partial charge in [-0.1, -0.05) is 38.1 Å². The number of alkyl halides is 1. The van der Waals surface area contributed by atoms with Crippen molar-refractivity contribution in [2.75, 3.05) is 12.0 Å². The highest BCUT2D eigenvalue weighted by molar-refractivity contribution is 14.1. The number of aliphatic hydroxyl groups is 3. The molecule has 5 rings (SSSR count). The van der Waals surface area contributed by atoms with Gasteiger partial charge < -0.3 is 49.9 Å². The minimum absolute atomic E-state index is 0. The van der Waals surface area contributed by atoms with Crippen LogP contribution in [0.4, 0.5) is 0 Å². The molecule has 19 nitrogen and oxygen atoms in total. The van der Waals surface area contributed by atoms with E-state index in [2.05, 4.69) is 25.4 Å². The lowest BCUT2D eigenvalue weighted by molar-refractivity contribution is -0.160. The number of aliphatic hydroxyl groups excluding tert-OH is 3. The number of ether oxygens (including phenoxy) is 2. The largest absolute Gasteiger partial charge is 0.481 e. The van der Waals surface area contributed by atoms with Crippen molar-refractivity contribution in [3.05, 3.63) is 23.4 Å². The molecule has 3 atom stereocenters. The van der Waals surface area contributed by atoms with Gasteiger partial charge in [-0.2, -0.15) is 9.97 Å². The van der Waals surface area contributed by atoms with Crippen LogP contribution >= 0.6 is 46.8 Å². The summed E-state index contributed by atoms with van der Waals surface area (Å²) < 4.78 is 28.6. The molecule has 0 saturated heterocycles. The second-order valence-corrected chi connectivity index (χ2v) is 17.7. The third-order valence-electron chi connectivity index (χ3n) is 8.66. The maximum Gasteiger partial charge on any atom is 0.310 e. The maximum absolute atomic E-state index is 11.9. The number of halogens is 3. The molecule has 3 unspecified atom stereocenters. The van der Waals surface area contributed by atoms with Crippen LogP contribution in [0.2, 0.25) is 0 Å². The highest BCUT2D eigenvalue weighted by atomic mass is 127. The SMILES string of the molecule is CC(C)(C)OC(=O)CC1(C(=O)O)CC1.CC(O)C/C(N)=N/O.CC(O)Cc1noc(C2(CC(=O)OC(C)(C)C)CC2)n1.CC(O)Cc1noc(C2(N(C)Cl)CC2)n1.Cl.[2H]CI. The number of aliphatic carboxylic acids is 1. The van der Waals surface area contributed by atoms with Crippen LogP contribution in [-0.2, 0) is 47.7 Å². The summed E-state index contributed by atoms with van der Waals surface area (Å²) in [5.41, 5.74) is 2.55. The number of hydrogen-bond acceptors (Lipinski definition) is 17. The molecule has 2 aromatic heterocycles. The Hall–Kier alpha value is -2.89. The van der Waals surface area contributed by atoms with Crippen molar-refractivity contribution in [3.8, 4) is 0 Å².